The lowest BCUT2D eigenvalue weighted by atomic mass is 9.93. The molecule has 6 aromatic carbocycles. The van der Waals surface area contributed by atoms with Crippen LogP contribution in [0.1, 0.15) is 94.2 Å². The number of esters is 2. The molecule has 120 heavy (non-hydrogen) atoms. The highest BCUT2D eigenvalue weighted by atomic mass is 79.9. The zero-order chi connectivity index (χ0) is 87.0. The number of ether oxygens (including phenoxy) is 4. The van der Waals surface area contributed by atoms with Gasteiger partial charge in [0, 0.05) is 109 Å². The van der Waals surface area contributed by atoms with Crippen LogP contribution in [0.5, 0.6) is 11.5 Å². The van der Waals surface area contributed by atoms with Crippen LogP contribution in [0.3, 0.4) is 0 Å². The summed E-state index contributed by atoms with van der Waals surface area (Å²) in [6.07, 6.45) is -1.40. The summed E-state index contributed by atoms with van der Waals surface area (Å²) < 4.78 is 150. The molecule has 8 heterocycles. The normalized spacial score (nSPS) is 16.8. The van der Waals surface area contributed by atoms with Crippen LogP contribution >= 0.6 is 28.3 Å². The van der Waals surface area contributed by atoms with Crippen molar-refractivity contribution in [1.82, 2.24) is 35.1 Å². The van der Waals surface area contributed by atoms with Crippen molar-refractivity contribution in [3.63, 3.8) is 0 Å². The number of aromatic amines is 1. The van der Waals surface area contributed by atoms with Gasteiger partial charge in [0.25, 0.3) is 53.4 Å². The maximum Gasteiger partial charge on any atom is 0.342 e. The zero-order valence-electron chi connectivity index (χ0n) is 66.5. The maximum absolute atomic E-state index is 14.1. The second kappa shape index (κ2) is 48.1. The lowest BCUT2D eigenvalue weighted by Crippen LogP contribution is -2.38. The summed E-state index contributed by atoms with van der Waals surface area (Å²) in [6.45, 7) is 22.8. The fraction of sp³-hybridized carbons (Fsp3) is 0.373. The maximum atomic E-state index is 14.1. The number of nitrogen functional groups attached to an aromatic ring is 1. The van der Waals surface area contributed by atoms with E-state index in [1.165, 1.54) is 35.6 Å². The molecule has 0 radical (unpaired) electrons. The number of alkyl halides is 11. The van der Waals surface area contributed by atoms with Crippen LogP contribution in [0.15, 0.2) is 175 Å². The molecular formula is C83H95BrClF10N15O10. The third-order valence-corrected chi connectivity index (χ3v) is 18.8. The Bertz CT molecular complexity index is 4730. The number of rotatable bonds is 15. The molecule has 0 aliphatic carbocycles. The number of hydrazine groups is 1. The third-order valence-electron chi connectivity index (χ3n) is 18.5. The summed E-state index contributed by atoms with van der Waals surface area (Å²) in [7, 11) is 5.78. The first-order valence-electron chi connectivity index (χ1n) is 36.6. The second-order valence-corrected chi connectivity index (χ2v) is 27.6. The third kappa shape index (κ3) is 29.6. The van der Waals surface area contributed by atoms with Crippen LogP contribution in [0.4, 0.5) is 61.1 Å². The number of methoxy groups -OCH3 is 4. The Kier molecular flexibility index (Phi) is 40.5. The van der Waals surface area contributed by atoms with E-state index in [9.17, 15) is 67.9 Å². The summed E-state index contributed by atoms with van der Waals surface area (Å²) in [5.74, 6) is -6.10. The lowest BCUT2D eigenvalue weighted by Gasteiger charge is -2.23. The Morgan fingerprint density at radius 3 is 1.48 bits per heavy atom. The standard InChI is InChI=1S/C25H23F2N3O2.C13H14F2N4.C13H12F2N2O.C12H14O4.C8H8O2.C6H8F2N2.C4H7F2N.C2H2BrN.ClH.H4N2.H2O/c1-16-14-20-23(29-13-12-25(26,27)15-29)22(18-6-4-3-5-7-18)28-30(20)24(31)21(16)17-8-10-19(32-2)11-9-17;14-13(15)6-7-19(8-13)11-10(17-18-12(11)16)9-4-2-1-3-5-9;1-16-12(17-8-7-13(14,15)9-17)11(18)10-5-3-2-4-6-10;1-8(13)11(12(14)16-3)9-4-6-10(15-2)7-5-9;1-10-8(9)7-5-3-2-4-6-7;1-9-5-10-3-2-6(7,8)4-10;5-4(6)1-2-7-3-4;1-4-2-3;;1-2;/h3-11H,12-15H2,1-2H3;1-5H,6-8H2,(H3,16,17,18);2-6,12H,7-9H2;4-7,11H,1-3H3;2-6H,1H3;2-5H2;7H,1-3H2;2H2;1H;1-2H2;1H2. The number of hydrogen-bond donors (Lipinski definition) is 5. The van der Waals surface area contributed by atoms with Gasteiger partial charge in [0.1, 0.15) is 34.6 Å². The summed E-state index contributed by atoms with van der Waals surface area (Å²) in [6, 6.07) is 50.2. The highest BCUT2D eigenvalue weighted by molar-refractivity contribution is 9.09. The smallest absolute Gasteiger partial charge is 0.342 e. The van der Waals surface area contributed by atoms with Crippen LogP contribution in [-0.4, -0.2) is 206 Å². The van der Waals surface area contributed by atoms with Gasteiger partial charge in [-0.15, -0.1) is 12.4 Å². The molecule has 2 unspecified atom stereocenters. The predicted octanol–water partition coefficient (Wildman–Crippen LogP) is 14.5. The number of halogens is 12. The molecule has 2 atom stereocenters. The lowest BCUT2D eigenvalue weighted by molar-refractivity contribution is -0.145. The second-order valence-electron chi connectivity index (χ2n) is 27.1. The van der Waals surface area contributed by atoms with Crippen LogP contribution in [-0.2, 0) is 25.5 Å². The summed E-state index contributed by atoms with van der Waals surface area (Å²) in [4.78, 5) is 74.4. The van der Waals surface area contributed by atoms with Crippen LogP contribution < -0.4 is 42.0 Å². The molecule has 14 rings (SSSR count). The van der Waals surface area contributed by atoms with Crippen LogP contribution in [0.25, 0.3) is 42.6 Å². The number of hydrogen-bond acceptors (Lipinski definition) is 19. The SMILES string of the molecule is COC(=O)C(C(C)=O)c1ccc(OC)cc1.COC(=O)c1ccccc1.COc1ccc(C2=C(C)Cc3c(N4CCC(F)(F)C4)c(-c4ccccc4)nn3C2=O)cc1.Cl.FC1(F)CCNC1.NN.Nc1n[nH]c(-c2ccccc2)c1N1CCC(F)(F)C1.O.[C-]#[N+]C(C(=O)c1ccccc1)N1CCC(F)(F)C1.[C-]#[N+]CBr.[C-]#[N+]CN1CCC(F)(F)C1. The van der Waals surface area contributed by atoms with Gasteiger partial charge in [-0.3, -0.25) is 45.7 Å². The molecule has 0 spiro atoms. The average Bonchev–Trinajstić information content (AvgIpc) is 1.58. The Morgan fingerprint density at radius 2 is 1.07 bits per heavy atom. The molecular weight excluding hydrogens is 1670 g/mol. The first-order chi connectivity index (χ1) is 56.2. The number of H-pyrrole nitrogens is 1. The van der Waals surface area contributed by atoms with Crippen molar-refractivity contribution in [1.29, 1.82) is 0 Å². The average molecular weight is 1770 g/mol. The molecule has 0 saturated carbocycles. The number of allylic oxidation sites excluding steroid dienone is 2. The van der Waals surface area contributed by atoms with E-state index in [1.54, 1.807) is 103 Å². The molecule has 5 fully saturated rings. The number of anilines is 3. The van der Waals surface area contributed by atoms with Gasteiger partial charge in [0.15, 0.2) is 5.82 Å². The van der Waals surface area contributed by atoms with Crippen molar-refractivity contribution in [3.05, 3.63) is 238 Å². The Morgan fingerprint density at radius 1 is 0.592 bits per heavy atom. The van der Waals surface area contributed by atoms with Gasteiger partial charge in [-0.1, -0.05) is 139 Å². The van der Waals surface area contributed by atoms with Crippen molar-refractivity contribution < 1.29 is 92.3 Å². The minimum atomic E-state index is -2.79. The number of aromatic nitrogens is 4. The zero-order valence-corrected chi connectivity index (χ0v) is 68.9. The van der Waals surface area contributed by atoms with E-state index in [0.717, 1.165) is 22.3 Å². The summed E-state index contributed by atoms with van der Waals surface area (Å²) in [5, 5.41) is 14.0. The Hall–Kier alpha value is -11.3. The predicted molar refractivity (Wildman–Crippen MR) is 443 cm³/mol. The molecule has 6 aliphatic rings. The van der Waals surface area contributed by atoms with Gasteiger partial charge in [0.2, 0.25) is 0 Å². The number of Topliss-reactive ketones (excluding diaryl/α,β-unsaturated/α-hetero) is 2. The highest BCUT2D eigenvalue weighted by Gasteiger charge is 2.47. The van der Waals surface area contributed by atoms with E-state index in [4.69, 9.17) is 34.9 Å². The molecule has 10 N–H and O–H groups in total. The molecule has 0 bridgehead atoms. The summed E-state index contributed by atoms with van der Waals surface area (Å²) in [5.41, 5.74) is 14.9. The van der Waals surface area contributed by atoms with Gasteiger partial charge in [0.05, 0.1) is 83.8 Å². The molecule has 37 heteroatoms. The highest BCUT2D eigenvalue weighted by Crippen LogP contribution is 2.44. The fourth-order valence-electron chi connectivity index (χ4n) is 12.8. The number of nitrogens with one attached hydrogen (secondary N) is 2. The van der Waals surface area contributed by atoms with Crippen LogP contribution in [0, 0.1) is 19.7 Å². The molecule has 646 valence electrons. The largest absolute Gasteiger partial charge is 0.497 e. The number of nitrogens with two attached hydrogens (primary N) is 3. The minimum Gasteiger partial charge on any atom is -0.497 e. The van der Waals surface area contributed by atoms with E-state index in [-0.39, 0.29) is 126 Å². The van der Waals surface area contributed by atoms with Gasteiger partial charge in [-0.2, -0.15) is 14.9 Å². The molecule has 2 aromatic heterocycles. The van der Waals surface area contributed by atoms with E-state index in [2.05, 4.69) is 72.2 Å². The number of nitrogens with zero attached hydrogens (tertiary/aromatic N) is 10. The minimum absolute atomic E-state index is 0. The number of carbonyl (C=O) groups is 5. The number of likely N-dealkylation sites (tertiary alicyclic amines) is 2. The van der Waals surface area contributed by atoms with Crippen molar-refractivity contribution in [3.8, 4) is 34.0 Å². The molecule has 25 nitrogen and oxygen atoms in total. The van der Waals surface area contributed by atoms with Crippen molar-refractivity contribution >= 4 is 80.5 Å². The number of ketones is 2. The van der Waals surface area contributed by atoms with Crippen molar-refractivity contribution in [2.45, 2.75) is 94.1 Å². The first-order valence-corrected chi connectivity index (χ1v) is 37.7. The molecule has 5 saturated heterocycles. The van der Waals surface area contributed by atoms with E-state index in [0.29, 0.717) is 87.2 Å². The summed E-state index contributed by atoms with van der Waals surface area (Å²) >= 11 is 2.89. The Balaban J connectivity index is 0.000000304. The number of carbonyl (C=O) groups excluding carboxylic acids is 5. The number of fused-ring (bicyclic) bond motifs is 1. The van der Waals surface area contributed by atoms with E-state index in [1.807, 2.05) is 97.9 Å². The molecule has 0 amide bonds. The topological polar surface area (TPSA) is 316 Å². The monoisotopic (exact) mass is 1770 g/mol. The van der Waals surface area contributed by atoms with Crippen molar-refractivity contribution in [2.75, 3.05) is 122 Å². The fourth-order valence-corrected chi connectivity index (χ4v) is 12.8. The molecule has 6 aliphatic heterocycles. The van der Waals surface area contributed by atoms with Crippen molar-refractivity contribution in [2.24, 2.45) is 11.7 Å². The van der Waals surface area contributed by atoms with E-state index >= 15 is 0 Å². The van der Waals surface area contributed by atoms with E-state index < -0.39 is 60.0 Å². The number of benzene rings is 6. The Labute approximate surface area is 703 Å². The first kappa shape index (κ1) is 101. The van der Waals surface area contributed by atoms with Gasteiger partial charge >= 0.3 is 18.1 Å². The van der Waals surface area contributed by atoms with Crippen LogP contribution in [0.2, 0.25) is 0 Å². The quantitative estimate of drug-likeness (QED) is 0.00733. The van der Waals surface area contributed by atoms with Gasteiger partial charge < -0.3 is 50.1 Å². The van der Waals surface area contributed by atoms with Gasteiger partial charge in [-0.25, -0.2) is 78.2 Å². The van der Waals surface area contributed by atoms with Gasteiger partial charge in [-0.05, 0) is 61.4 Å². The molecule has 8 aromatic rings.